The molecule has 12 heteroatoms. The number of carbonyl (C=O) groups is 2. The summed E-state index contributed by atoms with van der Waals surface area (Å²) in [7, 11) is 0. The van der Waals surface area contributed by atoms with Gasteiger partial charge in [0.25, 0.3) is 5.91 Å². The minimum Gasteiger partial charge on any atom is -0.342 e. The maximum Gasteiger partial charge on any atom is 0.405 e. The third-order valence-corrected chi connectivity index (χ3v) is 3.92. The van der Waals surface area contributed by atoms with Gasteiger partial charge in [0.15, 0.2) is 0 Å². The van der Waals surface area contributed by atoms with Crippen LogP contribution in [0.2, 0.25) is 0 Å². The number of nitrogens with zero attached hydrogens (tertiary/aromatic N) is 2. The van der Waals surface area contributed by atoms with E-state index in [1.54, 1.807) is 5.32 Å². The van der Waals surface area contributed by atoms with Gasteiger partial charge in [-0.05, 0) is 18.9 Å². The Labute approximate surface area is 143 Å². The van der Waals surface area contributed by atoms with E-state index in [-0.39, 0.29) is 24.7 Å². The predicted octanol–water partition coefficient (Wildman–Crippen LogP) is 2.36. The monoisotopic (exact) mass is 386 g/mol. The summed E-state index contributed by atoms with van der Waals surface area (Å²) in [4.78, 5) is 24.3. The molecule has 0 saturated carbocycles. The standard InChI is InChI=1S/C14H16F6N4O2/c15-13(16,17)6-11(25)24-3-1-8(2-4-24)9-5-10(23-22-9)12(26)21-7-14(18,19)20/h5,8H,1-4,6-7H2,(H,21,26)(H,22,23). The van der Waals surface area contributed by atoms with Crippen LogP contribution in [0.15, 0.2) is 6.07 Å². The summed E-state index contributed by atoms with van der Waals surface area (Å²) in [6.07, 6.45) is -9.89. The number of hydrogen-bond donors (Lipinski definition) is 2. The number of aromatic nitrogens is 2. The highest BCUT2D eigenvalue weighted by Crippen LogP contribution is 2.29. The van der Waals surface area contributed by atoms with Crippen LogP contribution in [0.3, 0.4) is 0 Å². The van der Waals surface area contributed by atoms with Crippen molar-refractivity contribution in [3.63, 3.8) is 0 Å². The number of hydrogen-bond acceptors (Lipinski definition) is 3. The molecule has 1 aliphatic rings. The Morgan fingerprint density at radius 3 is 2.31 bits per heavy atom. The fourth-order valence-electron chi connectivity index (χ4n) is 2.66. The molecule has 26 heavy (non-hydrogen) atoms. The normalized spacial score (nSPS) is 16.6. The molecular formula is C14H16F6N4O2. The second-order valence-electron chi connectivity index (χ2n) is 5.95. The SMILES string of the molecule is O=C(NCC(F)(F)F)c1cc(C2CCN(C(=O)CC(F)(F)F)CC2)[nH]n1. The number of piperidine rings is 1. The van der Waals surface area contributed by atoms with Gasteiger partial charge >= 0.3 is 12.4 Å². The molecule has 0 atom stereocenters. The van der Waals surface area contributed by atoms with Gasteiger partial charge in [0.1, 0.15) is 18.7 Å². The van der Waals surface area contributed by atoms with E-state index in [1.807, 2.05) is 0 Å². The van der Waals surface area contributed by atoms with Crippen molar-refractivity contribution in [2.75, 3.05) is 19.6 Å². The number of likely N-dealkylation sites (tertiary alicyclic amines) is 1. The summed E-state index contributed by atoms with van der Waals surface area (Å²) in [5, 5.41) is 7.91. The number of halogens is 6. The Balaban J connectivity index is 1.87. The maximum atomic E-state index is 12.2. The molecule has 2 heterocycles. The Kier molecular flexibility index (Phi) is 5.81. The van der Waals surface area contributed by atoms with E-state index in [0.717, 1.165) is 4.90 Å². The number of carbonyl (C=O) groups excluding carboxylic acids is 2. The molecular weight excluding hydrogens is 370 g/mol. The van der Waals surface area contributed by atoms with Crippen LogP contribution in [0.1, 0.15) is 41.4 Å². The lowest BCUT2D eigenvalue weighted by Gasteiger charge is -2.31. The molecule has 0 radical (unpaired) electrons. The lowest BCUT2D eigenvalue weighted by molar-refractivity contribution is -0.162. The van der Waals surface area contributed by atoms with E-state index in [4.69, 9.17) is 0 Å². The zero-order chi connectivity index (χ0) is 19.5. The van der Waals surface area contributed by atoms with E-state index in [1.165, 1.54) is 6.07 Å². The van der Waals surface area contributed by atoms with Crippen LogP contribution in [0.25, 0.3) is 0 Å². The first-order valence-electron chi connectivity index (χ1n) is 7.69. The third kappa shape index (κ3) is 5.92. The average molecular weight is 386 g/mol. The zero-order valence-electron chi connectivity index (χ0n) is 13.4. The molecule has 0 spiro atoms. The molecule has 6 nitrogen and oxygen atoms in total. The zero-order valence-corrected chi connectivity index (χ0v) is 13.4. The van der Waals surface area contributed by atoms with Crippen molar-refractivity contribution in [1.29, 1.82) is 0 Å². The summed E-state index contributed by atoms with van der Waals surface area (Å²) in [6, 6.07) is 1.31. The number of rotatable bonds is 4. The Morgan fingerprint density at radius 1 is 1.15 bits per heavy atom. The van der Waals surface area contributed by atoms with E-state index in [9.17, 15) is 35.9 Å². The van der Waals surface area contributed by atoms with E-state index < -0.39 is 37.1 Å². The minimum atomic E-state index is -4.56. The summed E-state index contributed by atoms with van der Waals surface area (Å²) in [5.41, 5.74) is 0.282. The molecule has 1 aliphatic heterocycles. The summed E-state index contributed by atoms with van der Waals surface area (Å²) >= 11 is 0. The van der Waals surface area contributed by atoms with Crippen molar-refractivity contribution in [1.82, 2.24) is 20.4 Å². The highest BCUT2D eigenvalue weighted by molar-refractivity contribution is 5.92. The predicted molar refractivity (Wildman–Crippen MR) is 76.2 cm³/mol. The van der Waals surface area contributed by atoms with Crippen molar-refractivity contribution in [3.8, 4) is 0 Å². The van der Waals surface area contributed by atoms with Crippen LogP contribution in [-0.2, 0) is 4.79 Å². The molecule has 0 unspecified atom stereocenters. The summed E-state index contributed by atoms with van der Waals surface area (Å²) < 4.78 is 73.0. The number of H-pyrrole nitrogens is 1. The van der Waals surface area contributed by atoms with Crippen molar-refractivity contribution < 1.29 is 35.9 Å². The molecule has 0 aromatic carbocycles. The second-order valence-corrected chi connectivity index (χ2v) is 5.95. The van der Waals surface area contributed by atoms with Gasteiger partial charge in [-0.2, -0.15) is 31.4 Å². The van der Waals surface area contributed by atoms with Gasteiger partial charge in [-0.1, -0.05) is 0 Å². The van der Waals surface area contributed by atoms with Crippen molar-refractivity contribution in [2.24, 2.45) is 0 Å². The average Bonchev–Trinajstić information content (AvgIpc) is 3.00. The molecule has 2 N–H and O–H groups in total. The van der Waals surface area contributed by atoms with Gasteiger partial charge in [0.05, 0.1) is 0 Å². The lowest BCUT2D eigenvalue weighted by Crippen LogP contribution is -2.39. The van der Waals surface area contributed by atoms with Gasteiger partial charge in [0, 0.05) is 24.7 Å². The number of aromatic amines is 1. The van der Waals surface area contributed by atoms with E-state index >= 15 is 0 Å². The van der Waals surface area contributed by atoms with E-state index in [0.29, 0.717) is 18.5 Å². The summed E-state index contributed by atoms with van der Waals surface area (Å²) in [5.74, 6) is -2.16. The van der Waals surface area contributed by atoms with Crippen LogP contribution in [0.4, 0.5) is 26.3 Å². The molecule has 1 fully saturated rings. The first-order chi connectivity index (χ1) is 11.9. The minimum absolute atomic E-state index is 0.119. The van der Waals surface area contributed by atoms with Crippen molar-refractivity contribution in [3.05, 3.63) is 17.5 Å². The van der Waals surface area contributed by atoms with Gasteiger partial charge < -0.3 is 10.2 Å². The summed E-state index contributed by atoms with van der Waals surface area (Å²) in [6.45, 7) is -1.24. The van der Waals surface area contributed by atoms with Crippen molar-refractivity contribution >= 4 is 11.8 Å². The Bertz CT molecular complexity index is 647. The first-order valence-corrected chi connectivity index (χ1v) is 7.69. The third-order valence-electron chi connectivity index (χ3n) is 3.92. The lowest BCUT2D eigenvalue weighted by atomic mass is 9.93. The van der Waals surface area contributed by atoms with Crippen LogP contribution in [0.5, 0.6) is 0 Å². The van der Waals surface area contributed by atoms with Gasteiger partial charge in [-0.15, -0.1) is 0 Å². The topological polar surface area (TPSA) is 78.1 Å². The van der Waals surface area contributed by atoms with Crippen molar-refractivity contribution in [2.45, 2.75) is 37.5 Å². The largest absolute Gasteiger partial charge is 0.405 e. The molecule has 2 rings (SSSR count). The second kappa shape index (κ2) is 7.54. The molecule has 146 valence electrons. The highest BCUT2D eigenvalue weighted by Gasteiger charge is 2.35. The van der Waals surface area contributed by atoms with Gasteiger partial charge in [0.2, 0.25) is 5.91 Å². The number of alkyl halides is 6. The van der Waals surface area contributed by atoms with Crippen LogP contribution < -0.4 is 5.32 Å². The van der Waals surface area contributed by atoms with E-state index in [2.05, 4.69) is 10.2 Å². The van der Waals surface area contributed by atoms with Crippen LogP contribution in [-0.4, -0.2) is 58.9 Å². The highest BCUT2D eigenvalue weighted by atomic mass is 19.4. The molecule has 0 aliphatic carbocycles. The van der Waals surface area contributed by atoms with Crippen LogP contribution >= 0.6 is 0 Å². The number of amides is 2. The van der Waals surface area contributed by atoms with Gasteiger partial charge in [-0.3, -0.25) is 14.7 Å². The molecule has 2 amide bonds. The van der Waals surface area contributed by atoms with Crippen LogP contribution in [0, 0.1) is 0 Å². The first kappa shape index (κ1) is 20.0. The molecule has 1 saturated heterocycles. The molecule has 1 aromatic rings. The maximum absolute atomic E-state index is 12.2. The quantitative estimate of drug-likeness (QED) is 0.780. The Morgan fingerprint density at radius 2 is 1.77 bits per heavy atom. The fraction of sp³-hybridized carbons (Fsp3) is 0.643. The number of nitrogens with one attached hydrogen (secondary N) is 2. The molecule has 1 aromatic heterocycles. The van der Waals surface area contributed by atoms with Gasteiger partial charge in [-0.25, -0.2) is 0 Å². The fourth-order valence-corrected chi connectivity index (χ4v) is 2.66. The smallest absolute Gasteiger partial charge is 0.342 e. The Hall–Kier alpha value is -2.27. The molecule has 0 bridgehead atoms.